The topological polar surface area (TPSA) is 112 Å². The largest absolute Gasteiger partial charge is 0.758 e. The summed E-state index contributed by atoms with van der Waals surface area (Å²) in [7, 11) is -4.56. The molecule has 2 N–H and O–H groups in total. The maximum atomic E-state index is 12.5. The van der Waals surface area contributed by atoms with Gasteiger partial charge in [0.25, 0.3) is 0 Å². The van der Waals surface area contributed by atoms with E-state index >= 15 is 0 Å². The molecule has 0 bridgehead atoms. The van der Waals surface area contributed by atoms with Gasteiger partial charge < -0.3 is 33.9 Å². The van der Waals surface area contributed by atoms with Gasteiger partial charge in [0.15, 0.2) is 0 Å². The van der Waals surface area contributed by atoms with Crippen LogP contribution in [0.3, 0.4) is 0 Å². The van der Waals surface area contributed by atoms with Gasteiger partial charge in [-0.15, -0.1) is 0 Å². The molecule has 8 nitrogen and oxygen atoms in total. The van der Waals surface area contributed by atoms with Gasteiger partial charge in [-0.05, 0) is 71.9 Å². The molecule has 1 aliphatic heterocycles. The van der Waals surface area contributed by atoms with Gasteiger partial charge in [0, 0.05) is 48.0 Å². The fraction of sp³-hybridized carbons (Fsp3) is 0.950. The van der Waals surface area contributed by atoms with Crippen LogP contribution in [0.1, 0.15) is 54.4 Å². The summed E-state index contributed by atoms with van der Waals surface area (Å²) in [6.45, 7) is 13.8. The van der Waals surface area contributed by atoms with Gasteiger partial charge in [-0.2, -0.15) is 6.61 Å². The first-order valence-electron chi connectivity index (χ1n) is 10.7. The number of nitrogens with two attached hydrogens (primary N) is 1. The molecule has 0 spiro atoms. The standard InChI is InChI=1S/C20H39NO7P.2W/c1-12(2)24-10-17-16(9-21)14(5)7-18(17)28-29(22,23)25-11-20-19(26-13(3)4)8-15(6)27-20;;/h11-20H,7-10,21H2,1-6H3,(H,22,23);;/q-1;;/p-1/t14-,15-,16?,17-,18+,19+,20+;;/m0../s1. The van der Waals surface area contributed by atoms with E-state index in [1.807, 2.05) is 34.6 Å². The Morgan fingerprint density at radius 2 is 1.74 bits per heavy atom. The quantitative estimate of drug-likeness (QED) is 0.251. The molecule has 1 saturated carbocycles. The van der Waals surface area contributed by atoms with E-state index in [9.17, 15) is 9.46 Å². The number of hydrogen-bond donors (Lipinski definition) is 1. The maximum absolute atomic E-state index is 12.5. The summed E-state index contributed by atoms with van der Waals surface area (Å²) in [5.74, 6) is 0.297. The molecule has 0 aromatic rings. The second kappa shape index (κ2) is 14.7. The fourth-order valence-electron chi connectivity index (χ4n) is 4.28. The fourth-order valence-corrected chi connectivity index (χ4v) is 5.17. The number of ether oxygens (including phenoxy) is 3. The second-order valence-electron chi connectivity index (χ2n) is 8.86. The van der Waals surface area contributed by atoms with Gasteiger partial charge in [-0.1, -0.05) is 6.92 Å². The molecule has 0 aromatic heterocycles. The van der Waals surface area contributed by atoms with Crippen LogP contribution in [-0.2, 0) is 70.0 Å². The van der Waals surface area contributed by atoms with Crippen molar-refractivity contribution in [1.29, 1.82) is 0 Å². The monoisotopic (exact) mass is 803 g/mol. The molecule has 2 rings (SSSR count). The molecule has 31 heavy (non-hydrogen) atoms. The van der Waals surface area contributed by atoms with E-state index in [1.165, 1.54) is 6.61 Å². The van der Waals surface area contributed by atoms with Crippen molar-refractivity contribution < 1.29 is 74.8 Å². The molecule has 8 atom stereocenters. The molecule has 184 valence electrons. The van der Waals surface area contributed by atoms with E-state index in [-0.39, 0.29) is 84.3 Å². The average Bonchev–Trinajstić information content (AvgIpc) is 3.08. The minimum Gasteiger partial charge on any atom is -0.758 e. The summed E-state index contributed by atoms with van der Waals surface area (Å²) in [5.41, 5.74) is 5.93. The third-order valence-corrected chi connectivity index (χ3v) is 6.52. The van der Waals surface area contributed by atoms with Crippen molar-refractivity contribution in [2.24, 2.45) is 23.5 Å². The number of hydrogen-bond acceptors (Lipinski definition) is 8. The van der Waals surface area contributed by atoms with Crippen molar-refractivity contribution in [1.82, 2.24) is 0 Å². The smallest absolute Gasteiger partial charge is 0.237 e. The molecule has 2 unspecified atom stereocenters. The van der Waals surface area contributed by atoms with E-state index in [1.54, 1.807) is 0 Å². The molecule has 11 heteroatoms. The molecular weight excluding hydrogens is 765 g/mol. The van der Waals surface area contributed by atoms with Crippen molar-refractivity contribution in [2.75, 3.05) is 13.2 Å². The van der Waals surface area contributed by atoms with Gasteiger partial charge in [0.1, 0.15) is 0 Å². The van der Waals surface area contributed by atoms with Crippen LogP contribution < -0.4 is 10.6 Å². The molecule has 0 radical (unpaired) electrons. The van der Waals surface area contributed by atoms with Gasteiger partial charge >= 0.3 is 0 Å². The average molecular weight is 803 g/mol. The Bertz CT molecular complexity index is 558. The van der Waals surface area contributed by atoms with E-state index < -0.39 is 20.0 Å². The first-order chi connectivity index (χ1) is 13.5. The Morgan fingerprint density at radius 1 is 1.10 bits per heavy atom. The van der Waals surface area contributed by atoms with Gasteiger partial charge in [0.05, 0.1) is 37.1 Å². The zero-order chi connectivity index (χ0) is 21.8. The predicted octanol–water partition coefficient (Wildman–Crippen LogP) is 2.64. The number of rotatable bonds is 11. The van der Waals surface area contributed by atoms with Crippen LogP contribution in [0, 0.1) is 24.4 Å². The summed E-state index contributed by atoms with van der Waals surface area (Å²) < 4.78 is 40.3. The van der Waals surface area contributed by atoms with Crippen molar-refractivity contribution in [2.45, 2.75) is 91.0 Å². The molecular formula is C20H38NO7PW2-2. The SMILES string of the molecule is CC(C)OC[C@H]1C(CN)[C@@H](C)C[C@H]1OP(=O)([O-])O[CH-][C@H]1O[C@@H](C)C[C@H]1OC(C)C.[W].[W]. The number of phosphoric acid groups is 1. The van der Waals surface area contributed by atoms with Gasteiger partial charge in [-0.25, -0.2) is 0 Å². The van der Waals surface area contributed by atoms with Crippen molar-refractivity contribution in [3.05, 3.63) is 6.61 Å². The third-order valence-electron chi connectivity index (χ3n) is 5.61. The zero-order valence-electron chi connectivity index (χ0n) is 19.3. The van der Waals surface area contributed by atoms with Crippen LogP contribution in [0.15, 0.2) is 0 Å². The van der Waals surface area contributed by atoms with E-state index in [4.69, 9.17) is 29.0 Å². The minimum atomic E-state index is -4.56. The van der Waals surface area contributed by atoms with E-state index in [2.05, 4.69) is 6.92 Å². The molecule has 0 aromatic carbocycles. The van der Waals surface area contributed by atoms with Gasteiger partial charge in [0.2, 0.25) is 7.82 Å². The second-order valence-corrected chi connectivity index (χ2v) is 10.2. The Balaban J connectivity index is 0.00000450. The Hall–Kier alpha value is 1.33. The van der Waals surface area contributed by atoms with Crippen LogP contribution in [-0.4, -0.2) is 49.8 Å². The Labute approximate surface area is 216 Å². The minimum absolute atomic E-state index is 0. The Kier molecular flexibility index (Phi) is 15.3. The molecule has 1 aliphatic carbocycles. The van der Waals surface area contributed by atoms with Gasteiger partial charge in [-0.3, -0.25) is 4.57 Å². The van der Waals surface area contributed by atoms with Crippen LogP contribution in [0.5, 0.6) is 0 Å². The van der Waals surface area contributed by atoms with Crippen molar-refractivity contribution >= 4 is 7.82 Å². The molecule has 0 amide bonds. The summed E-state index contributed by atoms with van der Waals surface area (Å²) in [5, 5.41) is 0. The molecule has 2 fully saturated rings. The Morgan fingerprint density at radius 3 is 2.29 bits per heavy atom. The summed E-state index contributed by atoms with van der Waals surface area (Å²) in [6, 6.07) is 0. The predicted molar refractivity (Wildman–Crippen MR) is 108 cm³/mol. The van der Waals surface area contributed by atoms with Crippen LogP contribution in [0.2, 0.25) is 0 Å². The third kappa shape index (κ3) is 10.2. The molecule has 2 aliphatic rings. The van der Waals surface area contributed by atoms with Crippen LogP contribution in [0.4, 0.5) is 0 Å². The van der Waals surface area contributed by atoms with Crippen molar-refractivity contribution in [3.63, 3.8) is 0 Å². The molecule has 1 heterocycles. The van der Waals surface area contributed by atoms with E-state index in [0.29, 0.717) is 26.0 Å². The maximum Gasteiger partial charge on any atom is 0.237 e. The van der Waals surface area contributed by atoms with Crippen LogP contribution >= 0.6 is 7.82 Å². The number of phosphoric ester groups is 1. The normalized spacial score (nSPS) is 35.1. The summed E-state index contributed by atoms with van der Waals surface area (Å²) in [6.07, 6.45) is -0.0144. The molecule has 1 saturated heterocycles. The van der Waals surface area contributed by atoms with Crippen molar-refractivity contribution in [3.8, 4) is 0 Å². The summed E-state index contributed by atoms with van der Waals surface area (Å²) in [4.78, 5) is 12.5. The first-order valence-corrected chi connectivity index (χ1v) is 12.1. The first kappa shape index (κ1) is 32.3. The van der Waals surface area contributed by atoms with E-state index in [0.717, 1.165) is 0 Å². The summed E-state index contributed by atoms with van der Waals surface area (Å²) >= 11 is 0. The van der Waals surface area contributed by atoms with Crippen LogP contribution in [0.25, 0.3) is 0 Å². The zero-order valence-corrected chi connectivity index (χ0v) is 26.1.